The summed E-state index contributed by atoms with van der Waals surface area (Å²) in [5.74, 6) is -0.219. The van der Waals surface area contributed by atoms with E-state index in [1.807, 2.05) is 18.2 Å². The molecule has 0 radical (unpaired) electrons. The van der Waals surface area contributed by atoms with Gasteiger partial charge in [-0.2, -0.15) is 0 Å². The Balaban J connectivity index is 0.000000245. The smallest absolute Gasteiger partial charge is 0.196 e. The molecular weight excluding hydrogens is 319 g/mol. The average Bonchev–Trinajstić information content (AvgIpc) is 2.60. The summed E-state index contributed by atoms with van der Waals surface area (Å²) in [5, 5.41) is 10.1. The molecule has 2 rings (SSSR count). The summed E-state index contributed by atoms with van der Waals surface area (Å²) in [4.78, 5) is 11.5. The minimum atomic E-state index is -0.986. The van der Waals surface area contributed by atoms with Crippen LogP contribution in [-0.2, 0) is 4.74 Å². The lowest BCUT2D eigenvalue weighted by molar-refractivity contribution is 0.0813. The number of aliphatic hydroxyl groups is 1. The first-order valence-electron chi connectivity index (χ1n) is 8.97. The minimum Gasteiger partial charge on any atom is -0.381 e. The molecule has 2 unspecified atom stereocenters. The Labute approximate surface area is 148 Å². The predicted octanol–water partition coefficient (Wildman–Crippen LogP) is 4.84. The Bertz CT molecular complexity index is 517. The minimum absolute atomic E-state index is 0.219. The van der Waals surface area contributed by atoms with E-state index in [4.69, 9.17) is 4.74 Å². The first kappa shape index (κ1) is 21.0. The van der Waals surface area contributed by atoms with E-state index >= 15 is 0 Å². The van der Waals surface area contributed by atoms with E-state index in [-0.39, 0.29) is 5.78 Å². The van der Waals surface area contributed by atoms with Gasteiger partial charge in [0.05, 0.1) is 0 Å². The molecule has 0 aliphatic heterocycles. The number of fused-ring (bicyclic) bond motifs is 1. The molecule has 0 saturated carbocycles. The van der Waals surface area contributed by atoms with Crippen molar-refractivity contribution < 1.29 is 14.6 Å². The van der Waals surface area contributed by atoms with Crippen LogP contribution in [0, 0.1) is 0 Å². The van der Waals surface area contributed by atoms with Crippen molar-refractivity contribution in [3.63, 3.8) is 0 Å². The van der Waals surface area contributed by atoms with Crippen LogP contribution in [-0.4, -0.2) is 30.2 Å². The summed E-state index contributed by atoms with van der Waals surface area (Å²) in [7, 11) is 2.38. The third-order valence-corrected chi connectivity index (χ3v) is 4.38. The maximum Gasteiger partial charge on any atom is 0.196 e. The third-order valence-electron chi connectivity index (χ3n) is 3.90. The van der Waals surface area contributed by atoms with Crippen molar-refractivity contribution in [3.8, 4) is 0 Å². The van der Waals surface area contributed by atoms with Crippen molar-refractivity contribution in [2.45, 2.75) is 58.5 Å². The molecule has 2 atom stereocenters. The van der Waals surface area contributed by atoms with Gasteiger partial charge in [0.15, 0.2) is 5.78 Å². The fraction of sp³-hybridized carbons (Fsp3) is 0.550. The molecule has 134 valence electrons. The van der Waals surface area contributed by atoms with Crippen LogP contribution in [0.2, 0.25) is 0 Å². The lowest BCUT2D eigenvalue weighted by Crippen LogP contribution is -2.24. The van der Waals surface area contributed by atoms with Crippen molar-refractivity contribution in [2.75, 3.05) is 13.2 Å². The second-order valence-electron chi connectivity index (χ2n) is 6.02. The van der Waals surface area contributed by atoms with E-state index in [1.165, 1.54) is 38.5 Å². The molecule has 1 aliphatic rings. The first-order chi connectivity index (χ1) is 11.6. The average molecular weight is 350 g/mol. The van der Waals surface area contributed by atoms with Crippen LogP contribution in [0.5, 0.6) is 0 Å². The van der Waals surface area contributed by atoms with E-state index in [0.717, 1.165) is 18.8 Å². The number of carbonyl (C=O) groups excluding carboxylic acids is 1. The van der Waals surface area contributed by atoms with Gasteiger partial charge in [0.1, 0.15) is 6.10 Å². The Morgan fingerprint density at radius 3 is 2.21 bits per heavy atom. The maximum absolute atomic E-state index is 11.5. The Morgan fingerprint density at radius 1 is 1.04 bits per heavy atom. The molecule has 24 heavy (non-hydrogen) atoms. The summed E-state index contributed by atoms with van der Waals surface area (Å²) in [6.45, 7) is 6.38. The van der Waals surface area contributed by atoms with Gasteiger partial charge >= 0.3 is 0 Å². The number of ketones is 1. The number of hydrogen-bond donors (Lipinski definition) is 1. The maximum atomic E-state index is 11.5. The fourth-order valence-electron chi connectivity index (χ4n) is 2.41. The van der Waals surface area contributed by atoms with Crippen molar-refractivity contribution >= 4 is 21.1 Å². The van der Waals surface area contributed by atoms with E-state index in [1.54, 1.807) is 12.1 Å². The highest BCUT2D eigenvalue weighted by Gasteiger charge is 2.24. The van der Waals surface area contributed by atoms with Crippen LogP contribution in [0.25, 0.3) is 6.08 Å². The molecule has 1 N–H and O–H groups in total. The highest BCUT2D eigenvalue weighted by atomic mass is 31.0. The standard InChI is InChI=1S/C10H9O2P.C10H22O/c11-9-7-4-2-1-3-6(7)5-8(13)10(9)12;1-3-5-7-9-11-10-8-6-4-2/h1-5,10,12H,13H2;3-10H2,1-2H3. The molecule has 0 spiro atoms. The number of Topliss-reactive ketones (excluding diaryl/α,β-unsaturated/α-hetero) is 1. The van der Waals surface area contributed by atoms with Crippen LogP contribution < -0.4 is 0 Å². The van der Waals surface area contributed by atoms with Crippen LogP contribution in [0.1, 0.15) is 68.3 Å². The van der Waals surface area contributed by atoms with E-state index in [0.29, 0.717) is 10.9 Å². The number of carbonyl (C=O) groups is 1. The van der Waals surface area contributed by atoms with Gasteiger partial charge in [-0.25, -0.2) is 0 Å². The monoisotopic (exact) mass is 350 g/mol. The molecule has 3 nitrogen and oxygen atoms in total. The van der Waals surface area contributed by atoms with Gasteiger partial charge in [-0.3, -0.25) is 4.79 Å². The van der Waals surface area contributed by atoms with Crippen molar-refractivity contribution in [1.29, 1.82) is 0 Å². The zero-order chi connectivity index (χ0) is 17.8. The second kappa shape index (κ2) is 12.4. The predicted molar refractivity (Wildman–Crippen MR) is 104 cm³/mol. The highest BCUT2D eigenvalue weighted by molar-refractivity contribution is 7.23. The summed E-state index contributed by atoms with van der Waals surface area (Å²) >= 11 is 0. The Morgan fingerprint density at radius 2 is 1.62 bits per heavy atom. The summed E-state index contributed by atoms with van der Waals surface area (Å²) in [6.07, 6.45) is 8.51. The molecule has 1 aromatic carbocycles. The van der Waals surface area contributed by atoms with Crippen LogP contribution >= 0.6 is 9.24 Å². The van der Waals surface area contributed by atoms with E-state index in [2.05, 4.69) is 23.1 Å². The van der Waals surface area contributed by atoms with Crippen molar-refractivity contribution in [2.24, 2.45) is 0 Å². The molecule has 1 aromatic rings. The van der Waals surface area contributed by atoms with E-state index < -0.39 is 6.10 Å². The molecular formula is C20H31O3P. The first-order valence-corrected chi connectivity index (χ1v) is 9.55. The summed E-state index contributed by atoms with van der Waals surface area (Å²) in [5.41, 5.74) is 1.48. The largest absolute Gasteiger partial charge is 0.381 e. The molecule has 0 fully saturated rings. The summed E-state index contributed by atoms with van der Waals surface area (Å²) < 4.78 is 5.44. The zero-order valence-electron chi connectivity index (χ0n) is 15.0. The van der Waals surface area contributed by atoms with Crippen LogP contribution in [0.15, 0.2) is 29.6 Å². The van der Waals surface area contributed by atoms with Gasteiger partial charge < -0.3 is 9.84 Å². The number of benzene rings is 1. The number of unbranched alkanes of at least 4 members (excludes halogenated alkanes) is 4. The number of rotatable bonds is 8. The van der Waals surface area contributed by atoms with Gasteiger partial charge in [0.25, 0.3) is 0 Å². The van der Waals surface area contributed by atoms with Crippen LogP contribution in [0.4, 0.5) is 0 Å². The van der Waals surface area contributed by atoms with Gasteiger partial charge in [-0.1, -0.05) is 63.8 Å². The number of aliphatic hydroxyl groups excluding tert-OH is 1. The highest BCUT2D eigenvalue weighted by Crippen LogP contribution is 2.27. The zero-order valence-corrected chi connectivity index (χ0v) is 16.1. The lowest BCUT2D eigenvalue weighted by Gasteiger charge is -2.17. The molecule has 0 saturated heterocycles. The number of ether oxygens (including phenoxy) is 1. The third kappa shape index (κ3) is 7.25. The van der Waals surface area contributed by atoms with Gasteiger partial charge in [-0.15, -0.1) is 9.24 Å². The summed E-state index contributed by atoms with van der Waals surface area (Å²) in [6, 6.07) is 7.26. The molecule has 0 aromatic heterocycles. The van der Waals surface area contributed by atoms with Crippen molar-refractivity contribution in [3.05, 3.63) is 40.7 Å². The van der Waals surface area contributed by atoms with Crippen LogP contribution in [0.3, 0.4) is 0 Å². The normalized spacial score (nSPS) is 16.1. The van der Waals surface area contributed by atoms with Gasteiger partial charge in [0, 0.05) is 18.8 Å². The van der Waals surface area contributed by atoms with E-state index in [9.17, 15) is 9.90 Å². The topological polar surface area (TPSA) is 46.5 Å². The molecule has 0 heterocycles. The Kier molecular flexibility index (Phi) is 10.8. The Hall–Kier alpha value is -1.02. The van der Waals surface area contributed by atoms with Gasteiger partial charge in [-0.05, 0) is 29.8 Å². The fourth-order valence-corrected chi connectivity index (χ4v) is 2.75. The number of hydrogen-bond acceptors (Lipinski definition) is 3. The quantitative estimate of drug-likeness (QED) is 0.539. The lowest BCUT2D eigenvalue weighted by atomic mass is 9.94. The van der Waals surface area contributed by atoms with Crippen molar-refractivity contribution in [1.82, 2.24) is 0 Å². The molecule has 0 bridgehead atoms. The van der Waals surface area contributed by atoms with Gasteiger partial charge in [0.2, 0.25) is 0 Å². The molecule has 4 heteroatoms. The molecule has 1 aliphatic carbocycles. The SMILES string of the molecule is CCCCCOCCCCC.O=C1c2ccccc2C=C(P)C1O. The second-order valence-corrected chi connectivity index (χ2v) is 6.69. The molecule has 0 amide bonds.